The number of hydrogen-bond donors (Lipinski definition) is 1. The zero-order chi connectivity index (χ0) is 12.1. The molecule has 0 saturated carbocycles. The topological polar surface area (TPSA) is 73.0 Å². The molecule has 0 saturated heterocycles. The fraction of sp³-hybridized carbons (Fsp3) is 0.545. The highest BCUT2D eigenvalue weighted by molar-refractivity contribution is 5.57. The number of anilines is 1. The molecule has 0 aliphatic rings. The summed E-state index contributed by atoms with van der Waals surface area (Å²) in [6.07, 6.45) is 0. The lowest BCUT2D eigenvalue weighted by molar-refractivity contribution is 0.302. The van der Waals surface area contributed by atoms with Gasteiger partial charge in [-0.3, -0.25) is 0 Å². The van der Waals surface area contributed by atoms with E-state index in [1.54, 1.807) is 0 Å². The molecular formula is C11H16N4O. The number of rotatable bonds is 4. The van der Waals surface area contributed by atoms with E-state index in [4.69, 9.17) is 10.4 Å². The quantitative estimate of drug-likeness (QED) is 0.811. The van der Waals surface area contributed by atoms with Gasteiger partial charge >= 0.3 is 0 Å². The third-order valence-corrected chi connectivity index (χ3v) is 2.60. The van der Waals surface area contributed by atoms with Crippen molar-refractivity contribution in [1.82, 2.24) is 10.2 Å². The fourth-order valence-electron chi connectivity index (χ4n) is 1.49. The van der Waals surface area contributed by atoms with E-state index in [0.717, 1.165) is 11.3 Å². The first-order chi connectivity index (χ1) is 7.65. The number of aromatic nitrogens is 2. The molecule has 0 spiro atoms. The van der Waals surface area contributed by atoms with Crippen molar-refractivity contribution in [2.45, 2.75) is 20.8 Å². The van der Waals surface area contributed by atoms with Gasteiger partial charge in [0.15, 0.2) is 5.82 Å². The monoisotopic (exact) mass is 220 g/mol. The molecular weight excluding hydrogens is 204 g/mol. The van der Waals surface area contributed by atoms with E-state index < -0.39 is 0 Å². The highest BCUT2D eigenvalue weighted by Crippen LogP contribution is 2.20. The third kappa shape index (κ3) is 2.28. The van der Waals surface area contributed by atoms with E-state index in [9.17, 15) is 0 Å². The Balaban J connectivity index is 3.23. The van der Waals surface area contributed by atoms with Gasteiger partial charge in [0.05, 0.1) is 12.3 Å². The molecule has 5 heteroatoms. The SMILES string of the molecule is CCN(CCO)c1nnc(C)c(C)c1C#N. The van der Waals surface area contributed by atoms with Crippen LogP contribution in [0.25, 0.3) is 0 Å². The number of aliphatic hydroxyl groups excluding tert-OH is 1. The second-order valence-corrected chi connectivity index (χ2v) is 3.52. The Labute approximate surface area is 95.3 Å². The number of hydrogen-bond acceptors (Lipinski definition) is 5. The highest BCUT2D eigenvalue weighted by atomic mass is 16.3. The van der Waals surface area contributed by atoms with E-state index >= 15 is 0 Å². The van der Waals surface area contributed by atoms with Crippen LogP contribution in [0.1, 0.15) is 23.7 Å². The Morgan fingerprint density at radius 1 is 1.38 bits per heavy atom. The Morgan fingerprint density at radius 2 is 2.06 bits per heavy atom. The summed E-state index contributed by atoms with van der Waals surface area (Å²) in [5.74, 6) is 0.558. The molecule has 16 heavy (non-hydrogen) atoms. The first-order valence-electron chi connectivity index (χ1n) is 5.25. The van der Waals surface area contributed by atoms with Gasteiger partial charge in [0, 0.05) is 13.1 Å². The lowest BCUT2D eigenvalue weighted by atomic mass is 10.1. The lowest BCUT2D eigenvalue weighted by Gasteiger charge is -2.22. The van der Waals surface area contributed by atoms with Crippen LogP contribution in [-0.2, 0) is 0 Å². The molecule has 1 aromatic rings. The van der Waals surface area contributed by atoms with Gasteiger partial charge in [0.1, 0.15) is 11.6 Å². The zero-order valence-corrected chi connectivity index (χ0v) is 9.86. The van der Waals surface area contributed by atoms with Crippen molar-refractivity contribution in [1.29, 1.82) is 5.26 Å². The van der Waals surface area contributed by atoms with Gasteiger partial charge < -0.3 is 10.0 Å². The van der Waals surface area contributed by atoms with E-state index in [0.29, 0.717) is 24.5 Å². The molecule has 0 bridgehead atoms. The summed E-state index contributed by atoms with van der Waals surface area (Å²) in [5, 5.41) is 26.1. The minimum atomic E-state index is 0.0350. The van der Waals surface area contributed by atoms with Crippen LogP contribution in [0.4, 0.5) is 5.82 Å². The van der Waals surface area contributed by atoms with Crippen LogP contribution in [0.3, 0.4) is 0 Å². The number of nitrogens with zero attached hydrogens (tertiary/aromatic N) is 4. The van der Waals surface area contributed by atoms with Gasteiger partial charge in [-0.05, 0) is 26.3 Å². The van der Waals surface area contributed by atoms with Gasteiger partial charge in [0.25, 0.3) is 0 Å². The van der Waals surface area contributed by atoms with Crippen LogP contribution in [0, 0.1) is 25.2 Å². The standard InChI is InChI=1S/C11H16N4O/c1-4-15(5-6-16)11-10(7-12)8(2)9(3)13-14-11/h16H,4-6H2,1-3H3. The smallest absolute Gasteiger partial charge is 0.169 e. The van der Waals surface area contributed by atoms with Gasteiger partial charge in [0.2, 0.25) is 0 Å². The largest absolute Gasteiger partial charge is 0.395 e. The molecule has 1 N–H and O–H groups in total. The molecule has 0 aliphatic heterocycles. The van der Waals surface area contributed by atoms with Crippen molar-refractivity contribution in [2.75, 3.05) is 24.6 Å². The molecule has 1 heterocycles. The maximum absolute atomic E-state index is 9.13. The second kappa shape index (κ2) is 5.42. The average molecular weight is 220 g/mol. The van der Waals surface area contributed by atoms with E-state index in [1.165, 1.54) is 0 Å². The first kappa shape index (κ1) is 12.4. The molecule has 0 fully saturated rings. The predicted octanol–water partition coefficient (Wildman–Crippen LogP) is 0.784. The van der Waals surface area contributed by atoms with E-state index in [2.05, 4.69) is 16.3 Å². The molecule has 5 nitrogen and oxygen atoms in total. The van der Waals surface area contributed by atoms with Crippen molar-refractivity contribution >= 4 is 5.82 Å². The number of likely N-dealkylation sites (N-methyl/N-ethyl adjacent to an activating group) is 1. The van der Waals surface area contributed by atoms with E-state index in [1.807, 2.05) is 25.7 Å². The molecule has 1 rings (SSSR count). The minimum Gasteiger partial charge on any atom is -0.395 e. The number of nitriles is 1. The average Bonchev–Trinajstić information content (AvgIpc) is 2.29. The van der Waals surface area contributed by atoms with Gasteiger partial charge in [-0.1, -0.05) is 0 Å². The number of aryl methyl sites for hydroxylation is 1. The normalized spacial score (nSPS) is 9.94. The van der Waals surface area contributed by atoms with Crippen molar-refractivity contribution in [3.8, 4) is 6.07 Å². The molecule has 0 amide bonds. The van der Waals surface area contributed by atoms with Crippen LogP contribution in [0.2, 0.25) is 0 Å². The Morgan fingerprint density at radius 3 is 2.56 bits per heavy atom. The molecule has 0 radical (unpaired) electrons. The van der Waals surface area contributed by atoms with Crippen LogP contribution < -0.4 is 4.90 Å². The summed E-state index contributed by atoms with van der Waals surface area (Å²) in [4.78, 5) is 1.85. The maximum Gasteiger partial charge on any atom is 0.169 e. The fourth-order valence-corrected chi connectivity index (χ4v) is 1.49. The Hall–Kier alpha value is -1.67. The van der Waals surface area contributed by atoms with Crippen LogP contribution in [-0.4, -0.2) is 35.0 Å². The highest BCUT2D eigenvalue weighted by Gasteiger charge is 2.15. The summed E-state index contributed by atoms with van der Waals surface area (Å²) in [7, 11) is 0. The minimum absolute atomic E-state index is 0.0350. The summed E-state index contributed by atoms with van der Waals surface area (Å²) in [5.41, 5.74) is 2.16. The summed E-state index contributed by atoms with van der Waals surface area (Å²) in [6.45, 7) is 6.82. The lowest BCUT2D eigenvalue weighted by Crippen LogP contribution is -2.28. The first-order valence-corrected chi connectivity index (χ1v) is 5.25. The van der Waals surface area contributed by atoms with Crippen molar-refractivity contribution in [3.05, 3.63) is 16.8 Å². The van der Waals surface area contributed by atoms with Gasteiger partial charge in [-0.2, -0.15) is 10.4 Å². The number of aliphatic hydroxyl groups is 1. The molecule has 0 unspecified atom stereocenters. The molecule has 0 aliphatic carbocycles. The molecule has 0 atom stereocenters. The van der Waals surface area contributed by atoms with Gasteiger partial charge in [-0.15, -0.1) is 5.10 Å². The second-order valence-electron chi connectivity index (χ2n) is 3.52. The van der Waals surface area contributed by atoms with Crippen LogP contribution in [0.5, 0.6) is 0 Å². The van der Waals surface area contributed by atoms with Gasteiger partial charge in [-0.25, -0.2) is 0 Å². The zero-order valence-electron chi connectivity index (χ0n) is 9.86. The molecule has 1 aromatic heterocycles. The molecule has 0 aromatic carbocycles. The van der Waals surface area contributed by atoms with E-state index in [-0.39, 0.29) is 6.61 Å². The van der Waals surface area contributed by atoms with Crippen molar-refractivity contribution in [3.63, 3.8) is 0 Å². The molecule has 86 valence electrons. The summed E-state index contributed by atoms with van der Waals surface area (Å²) in [6, 6.07) is 2.15. The maximum atomic E-state index is 9.13. The van der Waals surface area contributed by atoms with Crippen LogP contribution >= 0.6 is 0 Å². The third-order valence-electron chi connectivity index (χ3n) is 2.60. The summed E-state index contributed by atoms with van der Waals surface area (Å²) >= 11 is 0. The Kier molecular flexibility index (Phi) is 4.20. The Bertz CT molecular complexity index is 411. The van der Waals surface area contributed by atoms with Crippen molar-refractivity contribution < 1.29 is 5.11 Å². The summed E-state index contributed by atoms with van der Waals surface area (Å²) < 4.78 is 0. The van der Waals surface area contributed by atoms with Crippen molar-refractivity contribution in [2.24, 2.45) is 0 Å². The predicted molar refractivity (Wildman–Crippen MR) is 61.2 cm³/mol. The van der Waals surface area contributed by atoms with Crippen LogP contribution in [0.15, 0.2) is 0 Å².